The third-order valence-electron chi connectivity index (χ3n) is 7.37. The number of hydrogen-bond acceptors (Lipinski definition) is 1. The largest absolute Gasteiger partial charge is 0.310 e. The Balaban J connectivity index is 1.91. The summed E-state index contributed by atoms with van der Waals surface area (Å²) in [6.45, 7) is 18.4. The van der Waals surface area contributed by atoms with Crippen LogP contribution in [0.15, 0.2) is 60.7 Å². The topological polar surface area (TPSA) is 3.24 Å². The van der Waals surface area contributed by atoms with Gasteiger partial charge in [0.15, 0.2) is 0 Å². The molecule has 0 radical (unpaired) electrons. The maximum atomic E-state index is 6.53. The van der Waals surface area contributed by atoms with Gasteiger partial charge in [-0.3, -0.25) is 0 Å². The Kier molecular flexibility index (Phi) is 5.94. The highest BCUT2D eigenvalue weighted by Crippen LogP contribution is 2.48. The van der Waals surface area contributed by atoms with E-state index in [1.807, 2.05) is 6.07 Å². The van der Waals surface area contributed by atoms with E-state index in [9.17, 15) is 0 Å². The van der Waals surface area contributed by atoms with E-state index in [1.165, 1.54) is 35.2 Å². The molecule has 3 aromatic rings. The maximum Gasteiger partial charge on any atom is 0.0479 e. The molecule has 33 heavy (non-hydrogen) atoms. The molecule has 0 atom stereocenters. The fourth-order valence-corrected chi connectivity index (χ4v) is 5.40. The van der Waals surface area contributed by atoms with Gasteiger partial charge in [0.05, 0.1) is 0 Å². The zero-order valence-corrected chi connectivity index (χ0v) is 22.3. The smallest absolute Gasteiger partial charge is 0.0479 e. The average molecular weight is 460 g/mol. The molecule has 0 saturated carbocycles. The van der Waals surface area contributed by atoms with Crippen molar-refractivity contribution >= 4 is 28.7 Å². The van der Waals surface area contributed by atoms with Crippen LogP contribution >= 0.6 is 11.6 Å². The lowest BCUT2D eigenvalue weighted by Crippen LogP contribution is -2.34. The highest BCUT2D eigenvalue weighted by molar-refractivity contribution is 6.31. The number of aryl methyl sites for hydroxylation is 1. The molecule has 1 aliphatic rings. The molecule has 0 bridgehead atoms. The molecule has 0 spiro atoms. The minimum atomic E-state index is 0.122. The normalized spacial score (nSPS) is 16.9. The van der Waals surface area contributed by atoms with Crippen LogP contribution in [0.4, 0.5) is 17.1 Å². The van der Waals surface area contributed by atoms with Crippen LogP contribution in [0.3, 0.4) is 0 Å². The van der Waals surface area contributed by atoms with Gasteiger partial charge in [0, 0.05) is 22.1 Å². The quantitative estimate of drug-likeness (QED) is 0.376. The molecule has 0 amide bonds. The molecule has 0 aliphatic heterocycles. The molecular formula is C31H38ClN. The average Bonchev–Trinajstić information content (AvgIpc) is 2.71. The van der Waals surface area contributed by atoms with E-state index in [0.29, 0.717) is 0 Å². The van der Waals surface area contributed by atoms with Crippen molar-refractivity contribution in [3.63, 3.8) is 0 Å². The third-order valence-corrected chi connectivity index (χ3v) is 7.59. The van der Waals surface area contributed by atoms with Crippen molar-refractivity contribution in [2.45, 2.75) is 84.5 Å². The van der Waals surface area contributed by atoms with Crippen LogP contribution in [0.1, 0.15) is 83.6 Å². The minimum absolute atomic E-state index is 0.122. The van der Waals surface area contributed by atoms with Crippen molar-refractivity contribution in [1.82, 2.24) is 0 Å². The Hall–Kier alpha value is -2.25. The van der Waals surface area contributed by atoms with Crippen LogP contribution < -0.4 is 4.90 Å². The van der Waals surface area contributed by atoms with Crippen molar-refractivity contribution in [2.75, 3.05) is 4.90 Å². The number of nitrogens with zero attached hydrogens (tertiary/aromatic N) is 1. The van der Waals surface area contributed by atoms with E-state index in [4.69, 9.17) is 11.6 Å². The summed E-state index contributed by atoms with van der Waals surface area (Å²) in [5.41, 5.74) is 9.35. The van der Waals surface area contributed by atoms with Gasteiger partial charge in [-0.15, -0.1) is 0 Å². The van der Waals surface area contributed by atoms with E-state index in [-0.39, 0.29) is 16.2 Å². The number of hydrogen-bond donors (Lipinski definition) is 0. The summed E-state index contributed by atoms with van der Waals surface area (Å²) in [4.78, 5) is 2.35. The summed E-state index contributed by atoms with van der Waals surface area (Å²) in [6.07, 6.45) is 2.42. The fraction of sp³-hybridized carbons (Fsp3) is 0.419. The Bertz CT molecular complexity index is 1140. The zero-order valence-electron chi connectivity index (χ0n) is 21.5. The zero-order chi connectivity index (χ0) is 24.2. The molecule has 1 aliphatic carbocycles. The second-order valence-corrected chi connectivity index (χ2v) is 12.6. The summed E-state index contributed by atoms with van der Waals surface area (Å²) in [7, 11) is 0. The Morgan fingerprint density at radius 2 is 1.27 bits per heavy atom. The maximum absolute atomic E-state index is 6.53. The first-order valence-electron chi connectivity index (χ1n) is 12.1. The molecule has 0 aromatic heterocycles. The standard InChI is InChI=1S/C31H38ClN/c1-21-17-23(32)19-26(18-21)33(24-11-9-22(10-12-24)29(2,3)4)25-13-14-27-28(20-25)31(7,8)16-15-30(27,5)6/h9-14,17-20H,15-16H2,1-8H3. The Morgan fingerprint density at radius 3 is 1.85 bits per heavy atom. The molecule has 4 rings (SSSR count). The van der Waals surface area contributed by atoms with E-state index >= 15 is 0 Å². The van der Waals surface area contributed by atoms with Crippen molar-refractivity contribution in [1.29, 1.82) is 0 Å². The molecule has 1 nitrogen and oxygen atoms in total. The second kappa shape index (κ2) is 8.20. The van der Waals surface area contributed by atoms with Crippen LogP contribution in [0, 0.1) is 6.92 Å². The monoisotopic (exact) mass is 459 g/mol. The number of fused-ring (bicyclic) bond motifs is 1. The summed E-state index contributed by atoms with van der Waals surface area (Å²) >= 11 is 6.53. The highest BCUT2D eigenvalue weighted by Gasteiger charge is 2.37. The van der Waals surface area contributed by atoms with Crippen molar-refractivity contribution in [3.8, 4) is 0 Å². The van der Waals surface area contributed by atoms with Gasteiger partial charge in [-0.2, -0.15) is 0 Å². The van der Waals surface area contributed by atoms with Gasteiger partial charge in [-0.25, -0.2) is 0 Å². The fourth-order valence-electron chi connectivity index (χ4n) is 5.12. The summed E-state index contributed by atoms with van der Waals surface area (Å²) < 4.78 is 0. The first kappa shape index (κ1) is 23.9. The summed E-state index contributed by atoms with van der Waals surface area (Å²) in [5, 5.41) is 0.765. The first-order chi connectivity index (χ1) is 15.3. The highest BCUT2D eigenvalue weighted by atomic mass is 35.5. The van der Waals surface area contributed by atoms with Crippen molar-refractivity contribution in [3.05, 3.63) is 87.9 Å². The van der Waals surface area contributed by atoms with Crippen molar-refractivity contribution < 1.29 is 0 Å². The van der Waals surface area contributed by atoms with Gasteiger partial charge in [0.2, 0.25) is 0 Å². The lowest BCUT2D eigenvalue weighted by molar-refractivity contribution is 0.332. The Morgan fingerprint density at radius 1 is 0.697 bits per heavy atom. The number of benzene rings is 3. The van der Waals surface area contributed by atoms with Crippen LogP contribution in [-0.2, 0) is 16.2 Å². The molecule has 2 heteroatoms. The number of anilines is 3. The van der Waals surface area contributed by atoms with Gasteiger partial charge >= 0.3 is 0 Å². The van der Waals surface area contributed by atoms with Crippen LogP contribution in [0.5, 0.6) is 0 Å². The molecule has 0 heterocycles. The number of rotatable bonds is 3. The first-order valence-corrected chi connectivity index (χ1v) is 12.5. The summed E-state index contributed by atoms with van der Waals surface area (Å²) in [5.74, 6) is 0. The van der Waals surface area contributed by atoms with Gasteiger partial charge in [0.25, 0.3) is 0 Å². The van der Waals surface area contributed by atoms with Gasteiger partial charge in [0.1, 0.15) is 0 Å². The second-order valence-electron chi connectivity index (χ2n) is 12.1. The van der Waals surface area contributed by atoms with Crippen LogP contribution in [0.2, 0.25) is 5.02 Å². The SMILES string of the molecule is Cc1cc(Cl)cc(N(c2ccc(C(C)(C)C)cc2)c2ccc3c(c2)C(C)(C)CCC3(C)C)c1. The predicted molar refractivity (Wildman–Crippen MR) is 145 cm³/mol. The Labute approximate surface area is 205 Å². The van der Waals surface area contributed by atoms with Gasteiger partial charge in [-0.05, 0) is 101 Å². The van der Waals surface area contributed by atoms with Crippen molar-refractivity contribution in [2.24, 2.45) is 0 Å². The van der Waals surface area contributed by atoms with Gasteiger partial charge in [-0.1, -0.05) is 78.3 Å². The van der Waals surface area contributed by atoms with E-state index in [0.717, 1.165) is 22.0 Å². The van der Waals surface area contributed by atoms with Gasteiger partial charge < -0.3 is 4.90 Å². The number of halogens is 1. The lowest BCUT2D eigenvalue weighted by atomic mass is 9.63. The van der Waals surface area contributed by atoms with Crippen LogP contribution in [-0.4, -0.2) is 0 Å². The predicted octanol–water partition coefficient (Wildman–Crippen LogP) is 9.76. The molecule has 174 valence electrons. The molecule has 0 N–H and O–H groups in total. The lowest BCUT2D eigenvalue weighted by Gasteiger charge is -2.42. The molecule has 0 fully saturated rings. The van der Waals surface area contributed by atoms with Crippen LogP contribution in [0.25, 0.3) is 0 Å². The molecular weight excluding hydrogens is 422 g/mol. The molecule has 3 aromatic carbocycles. The summed E-state index contributed by atoms with van der Waals surface area (Å²) in [6, 6.07) is 22.4. The molecule has 0 unspecified atom stereocenters. The molecule has 0 saturated heterocycles. The minimum Gasteiger partial charge on any atom is -0.310 e. The van der Waals surface area contributed by atoms with E-state index in [2.05, 4.69) is 115 Å². The third kappa shape index (κ3) is 4.71. The van der Waals surface area contributed by atoms with E-state index in [1.54, 1.807) is 0 Å². The van der Waals surface area contributed by atoms with E-state index < -0.39 is 0 Å².